The number of aromatic nitrogens is 2. The van der Waals surface area contributed by atoms with Crippen molar-refractivity contribution in [3.8, 4) is 0 Å². The fourth-order valence-electron chi connectivity index (χ4n) is 2.33. The number of carbonyl (C=O) groups excluding carboxylic acids is 1. The molecule has 4 nitrogen and oxygen atoms in total. The van der Waals surface area contributed by atoms with E-state index in [2.05, 4.69) is 33.9 Å². The summed E-state index contributed by atoms with van der Waals surface area (Å²) >= 11 is 0. The van der Waals surface area contributed by atoms with Crippen molar-refractivity contribution in [3.63, 3.8) is 0 Å². The van der Waals surface area contributed by atoms with Crippen molar-refractivity contribution in [1.82, 2.24) is 9.55 Å². The van der Waals surface area contributed by atoms with Crippen molar-refractivity contribution >= 4 is 5.97 Å². The number of esters is 1. The van der Waals surface area contributed by atoms with Gasteiger partial charge in [-0.2, -0.15) is 0 Å². The Balaban J connectivity index is 1.79. The molecule has 0 saturated heterocycles. The molecule has 0 amide bonds. The first kappa shape index (κ1) is 15.3. The second kappa shape index (κ2) is 8.25. The predicted octanol–water partition coefficient (Wildman–Crippen LogP) is 3.21. The summed E-state index contributed by atoms with van der Waals surface area (Å²) in [7, 11) is 0. The van der Waals surface area contributed by atoms with E-state index < -0.39 is 0 Å². The van der Waals surface area contributed by atoms with Crippen LogP contribution in [0.1, 0.15) is 37.4 Å². The van der Waals surface area contributed by atoms with E-state index in [0.29, 0.717) is 13.0 Å². The highest BCUT2D eigenvalue weighted by molar-refractivity contribution is 5.69. The fourth-order valence-corrected chi connectivity index (χ4v) is 2.33. The van der Waals surface area contributed by atoms with Gasteiger partial charge in [0, 0.05) is 37.3 Å². The highest BCUT2D eigenvalue weighted by Crippen LogP contribution is 2.11. The Morgan fingerprint density at radius 1 is 1.29 bits per heavy atom. The molecule has 112 valence electrons. The number of hydrogen-bond acceptors (Lipinski definition) is 3. The molecule has 2 rings (SSSR count). The molecule has 21 heavy (non-hydrogen) atoms. The number of nitrogens with zero attached hydrogens (tertiary/aromatic N) is 2. The number of rotatable bonds is 8. The van der Waals surface area contributed by atoms with Crippen LogP contribution >= 0.6 is 0 Å². The van der Waals surface area contributed by atoms with E-state index >= 15 is 0 Å². The van der Waals surface area contributed by atoms with Crippen LogP contribution in [0.4, 0.5) is 0 Å². The number of ether oxygens (including phenoxy) is 1. The van der Waals surface area contributed by atoms with Gasteiger partial charge in [-0.15, -0.1) is 0 Å². The smallest absolute Gasteiger partial charge is 0.305 e. The van der Waals surface area contributed by atoms with Crippen LogP contribution in [0.15, 0.2) is 42.9 Å². The molecule has 0 aliphatic heterocycles. The number of pyridine rings is 1. The molecule has 4 heteroatoms. The van der Waals surface area contributed by atoms with Crippen molar-refractivity contribution in [1.29, 1.82) is 0 Å². The highest BCUT2D eigenvalue weighted by atomic mass is 16.5. The fraction of sp³-hybridized carbons (Fsp3) is 0.412. The number of unbranched alkanes of at least 4 members (excludes halogenated alkanes) is 1. The highest BCUT2D eigenvalue weighted by Gasteiger charge is 2.04. The van der Waals surface area contributed by atoms with Crippen molar-refractivity contribution in [3.05, 3.63) is 54.1 Å². The second-order valence-corrected chi connectivity index (χ2v) is 5.00. The zero-order valence-electron chi connectivity index (χ0n) is 12.5. The molecule has 2 aromatic rings. The Morgan fingerprint density at radius 3 is 2.95 bits per heavy atom. The van der Waals surface area contributed by atoms with Gasteiger partial charge in [0.2, 0.25) is 0 Å². The number of aryl methyl sites for hydroxylation is 1. The SMILES string of the molecule is CCOC(=O)CCCCc1cccn1Cc1cccnc1. The molecule has 0 N–H and O–H groups in total. The van der Waals surface area contributed by atoms with E-state index in [0.717, 1.165) is 25.8 Å². The van der Waals surface area contributed by atoms with Gasteiger partial charge in [-0.05, 0) is 49.9 Å². The molecule has 0 saturated carbocycles. The van der Waals surface area contributed by atoms with Crippen molar-refractivity contribution in [2.75, 3.05) is 6.61 Å². The van der Waals surface area contributed by atoms with Crippen LogP contribution in [0.25, 0.3) is 0 Å². The molecule has 0 bridgehead atoms. The molecule has 0 aromatic carbocycles. The van der Waals surface area contributed by atoms with Crippen LogP contribution in [0.3, 0.4) is 0 Å². The topological polar surface area (TPSA) is 44.1 Å². The summed E-state index contributed by atoms with van der Waals surface area (Å²) in [5, 5.41) is 0. The van der Waals surface area contributed by atoms with Gasteiger partial charge >= 0.3 is 5.97 Å². The Kier molecular flexibility index (Phi) is 6.00. The van der Waals surface area contributed by atoms with Gasteiger partial charge in [-0.3, -0.25) is 9.78 Å². The second-order valence-electron chi connectivity index (χ2n) is 5.00. The lowest BCUT2D eigenvalue weighted by Gasteiger charge is -2.09. The van der Waals surface area contributed by atoms with Gasteiger partial charge in [0.1, 0.15) is 0 Å². The maximum Gasteiger partial charge on any atom is 0.305 e. The first-order chi connectivity index (χ1) is 10.3. The van der Waals surface area contributed by atoms with Crippen LogP contribution < -0.4 is 0 Å². The van der Waals surface area contributed by atoms with Crippen molar-refractivity contribution < 1.29 is 9.53 Å². The summed E-state index contributed by atoms with van der Waals surface area (Å²) in [5.41, 5.74) is 2.49. The monoisotopic (exact) mass is 286 g/mol. The average molecular weight is 286 g/mol. The first-order valence-corrected chi connectivity index (χ1v) is 7.48. The Hall–Kier alpha value is -2.10. The molecular weight excluding hydrogens is 264 g/mol. The molecule has 0 spiro atoms. The molecule has 2 aromatic heterocycles. The molecule has 0 radical (unpaired) electrons. The molecule has 0 unspecified atom stereocenters. The number of hydrogen-bond donors (Lipinski definition) is 0. The van der Waals surface area contributed by atoms with Gasteiger partial charge in [0.15, 0.2) is 0 Å². The minimum atomic E-state index is -0.0942. The summed E-state index contributed by atoms with van der Waals surface area (Å²) in [4.78, 5) is 15.4. The van der Waals surface area contributed by atoms with Gasteiger partial charge in [-0.1, -0.05) is 6.07 Å². The van der Waals surface area contributed by atoms with Gasteiger partial charge in [0.25, 0.3) is 0 Å². The molecule has 0 atom stereocenters. The van der Waals surface area contributed by atoms with Gasteiger partial charge in [0.05, 0.1) is 6.61 Å². The number of carbonyl (C=O) groups is 1. The Bertz CT molecular complexity index is 549. The molecule has 2 heterocycles. The summed E-state index contributed by atoms with van der Waals surface area (Å²) in [6.07, 6.45) is 9.13. The minimum absolute atomic E-state index is 0.0942. The summed E-state index contributed by atoms with van der Waals surface area (Å²) in [6.45, 7) is 3.14. The standard InChI is InChI=1S/C17H22N2O2/c1-2-21-17(20)10-4-3-8-16-9-6-12-19(16)14-15-7-5-11-18-13-15/h5-7,9,11-13H,2-4,8,10,14H2,1H3. The zero-order chi connectivity index (χ0) is 14.9. The van der Waals surface area contributed by atoms with Crippen LogP contribution in [0, 0.1) is 0 Å². The lowest BCUT2D eigenvalue weighted by Crippen LogP contribution is -2.05. The molecule has 0 aliphatic rings. The van der Waals surface area contributed by atoms with Crippen LogP contribution in [0.2, 0.25) is 0 Å². The molecule has 0 aliphatic carbocycles. The van der Waals surface area contributed by atoms with Crippen LogP contribution in [0.5, 0.6) is 0 Å². The molecular formula is C17H22N2O2. The third kappa shape index (κ3) is 5.06. The van der Waals surface area contributed by atoms with Crippen LogP contribution in [-0.2, 0) is 22.5 Å². The Morgan fingerprint density at radius 2 is 2.19 bits per heavy atom. The van der Waals surface area contributed by atoms with Crippen molar-refractivity contribution in [2.24, 2.45) is 0 Å². The van der Waals surface area contributed by atoms with Crippen LogP contribution in [-0.4, -0.2) is 22.1 Å². The van der Waals surface area contributed by atoms with E-state index in [1.54, 1.807) is 6.20 Å². The van der Waals surface area contributed by atoms with E-state index in [9.17, 15) is 4.79 Å². The predicted molar refractivity (Wildman–Crippen MR) is 82.0 cm³/mol. The third-order valence-corrected chi connectivity index (χ3v) is 3.37. The zero-order valence-corrected chi connectivity index (χ0v) is 12.5. The summed E-state index contributed by atoms with van der Waals surface area (Å²) < 4.78 is 7.17. The largest absolute Gasteiger partial charge is 0.466 e. The summed E-state index contributed by atoms with van der Waals surface area (Å²) in [6, 6.07) is 8.24. The lowest BCUT2D eigenvalue weighted by molar-refractivity contribution is -0.143. The van der Waals surface area contributed by atoms with Crippen molar-refractivity contribution in [2.45, 2.75) is 39.2 Å². The summed E-state index contributed by atoms with van der Waals surface area (Å²) in [5.74, 6) is -0.0942. The van der Waals surface area contributed by atoms with Gasteiger partial charge < -0.3 is 9.30 Å². The van der Waals surface area contributed by atoms with E-state index in [-0.39, 0.29) is 5.97 Å². The van der Waals surface area contributed by atoms with E-state index in [1.165, 1.54) is 11.3 Å². The normalized spacial score (nSPS) is 10.5. The average Bonchev–Trinajstić information content (AvgIpc) is 2.92. The molecule has 0 fully saturated rings. The maximum atomic E-state index is 11.3. The first-order valence-electron chi connectivity index (χ1n) is 7.48. The quantitative estimate of drug-likeness (QED) is 0.553. The Labute approximate surface area is 125 Å². The van der Waals surface area contributed by atoms with E-state index in [4.69, 9.17) is 4.74 Å². The van der Waals surface area contributed by atoms with Gasteiger partial charge in [-0.25, -0.2) is 0 Å². The minimum Gasteiger partial charge on any atom is -0.466 e. The lowest BCUT2D eigenvalue weighted by atomic mass is 10.1. The maximum absolute atomic E-state index is 11.3. The van der Waals surface area contributed by atoms with E-state index in [1.807, 2.05) is 19.2 Å². The third-order valence-electron chi connectivity index (χ3n) is 3.37.